The van der Waals surface area contributed by atoms with Gasteiger partial charge in [-0.1, -0.05) is 20.8 Å². The Labute approximate surface area is 140 Å². The van der Waals surface area contributed by atoms with E-state index in [2.05, 4.69) is 33.9 Å². The molecule has 0 bridgehead atoms. The van der Waals surface area contributed by atoms with E-state index in [1.54, 1.807) is 20.8 Å². The molecule has 0 spiro atoms. The SMILES string of the molecule is CC(C)(C)OC(=O)N1C(O)C[C@H](O)[C@H]1CO[Si](C)(C)C(C)(C)C. The van der Waals surface area contributed by atoms with Crippen LogP contribution in [0.15, 0.2) is 0 Å². The van der Waals surface area contributed by atoms with Crippen molar-refractivity contribution in [3.05, 3.63) is 0 Å². The van der Waals surface area contributed by atoms with Crippen molar-refractivity contribution in [3.8, 4) is 0 Å². The highest BCUT2D eigenvalue weighted by molar-refractivity contribution is 6.74. The summed E-state index contributed by atoms with van der Waals surface area (Å²) in [6.45, 7) is 16.1. The minimum Gasteiger partial charge on any atom is -0.444 e. The van der Waals surface area contributed by atoms with Gasteiger partial charge in [-0.15, -0.1) is 0 Å². The van der Waals surface area contributed by atoms with Gasteiger partial charge in [-0.05, 0) is 38.9 Å². The zero-order valence-electron chi connectivity index (χ0n) is 15.7. The number of carbonyl (C=O) groups is 1. The highest BCUT2D eigenvalue weighted by Crippen LogP contribution is 2.37. The molecule has 2 N–H and O–H groups in total. The normalized spacial score (nSPS) is 26.5. The van der Waals surface area contributed by atoms with Crippen LogP contribution in [0.2, 0.25) is 18.1 Å². The molecule has 1 saturated heterocycles. The molecule has 1 aliphatic heterocycles. The number of ether oxygens (including phenoxy) is 1. The standard InChI is InChI=1S/C16H33NO5Si/c1-15(2,3)22-14(20)17-11(12(18)9-13(17)19)10-21-23(7,8)16(4,5)6/h11-13,18-19H,9-10H2,1-8H3/t11-,12+,13?/m1/s1. The molecule has 6 nitrogen and oxygen atoms in total. The van der Waals surface area contributed by atoms with Crippen molar-refractivity contribution in [2.75, 3.05) is 6.61 Å². The van der Waals surface area contributed by atoms with Gasteiger partial charge in [-0.25, -0.2) is 4.79 Å². The lowest BCUT2D eigenvalue weighted by Crippen LogP contribution is -2.51. The largest absolute Gasteiger partial charge is 0.444 e. The molecule has 0 aromatic carbocycles. The molecule has 7 heteroatoms. The molecule has 1 aliphatic rings. The molecule has 1 heterocycles. The average molecular weight is 348 g/mol. The molecule has 1 unspecified atom stereocenters. The van der Waals surface area contributed by atoms with Crippen molar-refractivity contribution in [2.24, 2.45) is 0 Å². The number of aliphatic hydroxyl groups is 2. The first kappa shape index (κ1) is 20.4. The van der Waals surface area contributed by atoms with Gasteiger partial charge in [0, 0.05) is 6.42 Å². The Balaban J connectivity index is 2.84. The van der Waals surface area contributed by atoms with Crippen molar-refractivity contribution >= 4 is 14.4 Å². The third-order valence-corrected chi connectivity index (χ3v) is 9.10. The van der Waals surface area contributed by atoms with Gasteiger partial charge in [-0.3, -0.25) is 4.90 Å². The Morgan fingerprint density at radius 3 is 2.13 bits per heavy atom. The summed E-state index contributed by atoms with van der Waals surface area (Å²) in [7, 11) is -2.01. The Morgan fingerprint density at radius 1 is 1.17 bits per heavy atom. The lowest BCUT2D eigenvalue weighted by Gasteiger charge is -2.38. The van der Waals surface area contributed by atoms with Crippen LogP contribution in [-0.2, 0) is 9.16 Å². The maximum Gasteiger partial charge on any atom is 0.412 e. The number of aliphatic hydroxyl groups excluding tert-OH is 2. The lowest BCUT2D eigenvalue weighted by molar-refractivity contribution is -0.0326. The predicted molar refractivity (Wildman–Crippen MR) is 91.6 cm³/mol. The molecule has 136 valence electrons. The molecule has 0 aliphatic carbocycles. The van der Waals surface area contributed by atoms with E-state index in [1.807, 2.05) is 0 Å². The molecule has 0 radical (unpaired) electrons. The Kier molecular flexibility index (Phi) is 5.95. The zero-order valence-corrected chi connectivity index (χ0v) is 16.7. The fourth-order valence-corrected chi connectivity index (χ4v) is 3.19. The Bertz CT molecular complexity index is 427. The number of nitrogens with zero attached hydrogens (tertiary/aromatic N) is 1. The van der Waals surface area contributed by atoms with Crippen LogP contribution in [0.4, 0.5) is 4.79 Å². The van der Waals surface area contributed by atoms with Crippen LogP contribution in [0.25, 0.3) is 0 Å². The van der Waals surface area contributed by atoms with Gasteiger partial charge >= 0.3 is 6.09 Å². The van der Waals surface area contributed by atoms with Gasteiger partial charge in [0.15, 0.2) is 8.32 Å². The number of rotatable bonds is 3. The molecular weight excluding hydrogens is 314 g/mol. The number of hydrogen-bond donors (Lipinski definition) is 2. The van der Waals surface area contributed by atoms with E-state index in [1.165, 1.54) is 4.90 Å². The summed E-state index contributed by atoms with van der Waals surface area (Å²) < 4.78 is 11.5. The minimum absolute atomic E-state index is 0.0337. The van der Waals surface area contributed by atoms with Gasteiger partial charge in [0.2, 0.25) is 0 Å². The van der Waals surface area contributed by atoms with Gasteiger partial charge in [-0.2, -0.15) is 0 Å². The van der Waals surface area contributed by atoms with E-state index in [0.717, 1.165) is 0 Å². The highest BCUT2D eigenvalue weighted by Gasteiger charge is 2.46. The second-order valence-corrected chi connectivity index (χ2v) is 13.6. The summed E-state index contributed by atoms with van der Waals surface area (Å²) in [6.07, 6.45) is -2.37. The van der Waals surface area contributed by atoms with Crippen molar-refractivity contribution < 1.29 is 24.2 Å². The van der Waals surface area contributed by atoms with Crippen LogP contribution in [0, 0.1) is 0 Å². The predicted octanol–water partition coefficient (Wildman–Crippen LogP) is 2.70. The molecule has 1 amide bonds. The van der Waals surface area contributed by atoms with E-state index in [4.69, 9.17) is 9.16 Å². The lowest BCUT2D eigenvalue weighted by atomic mass is 10.2. The van der Waals surface area contributed by atoms with Crippen LogP contribution in [-0.4, -0.2) is 60.1 Å². The average Bonchev–Trinajstić information content (AvgIpc) is 2.57. The van der Waals surface area contributed by atoms with E-state index in [9.17, 15) is 15.0 Å². The van der Waals surface area contributed by atoms with Gasteiger partial charge in [0.05, 0.1) is 18.8 Å². The van der Waals surface area contributed by atoms with Gasteiger partial charge in [0.25, 0.3) is 0 Å². The molecule has 1 fully saturated rings. The number of carbonyl (C=O) groups excluding carboxylic acids is 1. The summed E-state index contributed by atoms with van der Waals surface area (Å²) in [4.78, 5) is 13.5. The van der Waals surface area contributed by atoms with Crippen LogP contribution >= 0.6 is 0 Å². The van der Waals surface area contributed by atoms with Crippen LogP contribution in [0.3, 0.4) is 0 Å². The van der Waals surface area contributed by atoms with E-state index >= 15 is 0 Å². The quantitative estimate of drug-likeness (QED) is 0.767. The van der Waals surface area contributed by atoms with Crippen LogP contribution < -0.4 is 0 Å². The Hall–Kier alpha value is -0.633. The topological polar surface area (TPSA) is 79.2 Å². The van der Waals surface area contributed by atoms with E-state index in [-0.39, 0.29) is 18.1 Å². The molecule has 0 aromatic rings. The molecule has 0 saturated carbocycles. The second kappa shape index (κ2) is 6.70. The maximum absolute atomic E-state index is 12.3. The molecule has 0 aromatic heterocycles. The van der Waals surface area contributed by atoms with Crippen molar-refractivity contribution in [3.63, 3.8) is 0 Å². The number of likely N-dealkylation sites (tertiary alicyclic amines) is 1. The maximum atomic E-state index is 12.3. The van der Waals surface area contributed by atoms with Crippen molar-refractivity contribution in [1.82, 2.24) is 4.90 Å². The summed E-state index contributed by atoms with van der Waals surface area (Å²) in [6, 6.07) is -0.589. The smallest absolute Gasteiger partial charge is 0.412 e. The first-order valence-electron chi connectivity index (χ1n) is 8.17. The molecule has 23 heavy (non-hydrogen) atoms. The van der Waals surface area contributed by atoms with Crippen molar-refractivity contribution in [2.45, 2.75) is 90.1 Å². The summed E-state index contributed by atoms with van der Waals surface area (Å²) >= 11 is 0. The minimum atomic E-state index is -2.01. The van der Waals surface area contributed by atoms with Gasteiger partial charge in [0.1, 0.15) is 11.8 Å². The highest BCUT2D eigenvalue weighted by atomic mass is 28.4. The third kappa shape index (κ3) is 5.17. The first-order chi connectivity index (χ1) is 10.2. The zero-order chi connectivity index (χ0) is 18.2. The number of amides is 1. The van der Waals surface area contributed by atoms with E-state index in [0.29, 0.717) is 0 Å². The molecule has 1 rings (SSSR count). The fourth-order valence-electron chi connectivity index (χ4n) is 2.17. The number of hydrogen-bond acceptors (Lipinski definition) is 5. The first-order valence-corrected chi connectivity index (χ1v) is 11.1. The summed E-state index contributed by atoms with van der Waals surface area (Å²) in [5, 5.41) is 20.3. The van der Waals surface area contributed by atoms with Crippen LogP contribution in [0.5, 0.6) is 0 Å². The Morgan fingerprint density at radius 2 is 1.70 bits per heavy atom. The second-order valence-electron chi connectivity index (χ2n) is 8.81. The van der Waals surface area contributed by atoms with Gasteiger partial charge < -0.3 is 19.4 Å². The summed E-state index contributed by atoms with van der Waals surface area (Å²) in [5.74, 6) is 0. The van der Waals surface area contributed by atoms with Crippen LogP contribution in [0.1, 0.15) is 48.0 Å². The monoisotopic (exact) mass is 347 g/mol. The molecule has 3 atom stereocenters. The third-order valence-electron chi connectivity index (χ3n) is 4.60. The van der Waals surface area contributed by atoms with E-state index < -0.39 is 38.4 Å². The summed E-state index contributed by atoms with van der Waals surface area (Å²) in [5.41, 5.74) is -0.658. The fraction of sp³-hybridized carbons (Fsp3) is 0.938. The molecular formula is C16H33NO5Si. The van der Waals surface area contributed by atoms with Crippen molar-refractivity contribution in [1.29, 1.82) is 0 Å².